The molecule has 0 saturated heterocycles. The van der Waals surface area contributed by atoms with Gasteiger partial charge in [0.25, 0.3) is 0 Å². The van der Waals surface area contributed by atoms with E-state index in [2.05, 4.69) is 39.9 Å². The van der Waals surface area contributed by atoms with E-state index in [4.69, 9.17) is 9.15 Å². The van der Waals surface area contributed by atoms with Gasteiger partial charge in [-0.05, 0) is 36.4 Å². The standard InChI is InChI=1S/C16H29NO2/c1-13(2)10-17-11-14-6-7-15(19-14)12-18-9-8-16(3,4)5/h6-7,13,17H,8-12H2,1-5H3. The molecule has 0 aromatic carbocycles. The summed E-state index contributed by atoms with van der Waals surface area (Å²) < 4.78 is 11.3. The molecule has 0 amide bonds. The number of furan rings is 1. The zero-order valence-corrected chi connectivity index (χ0v) is 13.1. The van der Waals surface area contributed by atoms with Gasteiger partial charge >= 0.3 is 0 Å². The van der Waals surface area contributed by atoms with Crippen LogP contribution in [0.15, 0.2) is 16.5 Å². The first kappa shape index (κ1) is 16.3. The van der Waals surface area contributed by atoms with Gasteiger partial charge in [0.2, 0.25) is 0 Å². The van der Waals surface area contributed by atoms with E-state index < -0.39 is 0 Å². The van der Waals surface area contributed by atoms with Gasteiger partial charge < -0.3 is 14.5 Å². The lowest BCUT2D eigenvalue weighted by molar-refractivity contribution is 0.0836. The summed E-state index contributed by atoms with van der Waals surface area (Å²) in [7, 11) is 0. The molecule has 0 atom stereocenters. The quantitative estimate of drug-likeness (QED) is 0.723. The molecule has 1 heterocycles. The van der Waals surface area contributed by atoms with Gasteiger partial charge in [0.15, 0.2) is 0 Å². The van der Waals surface area contributed by atoms with Crippen LogP contribution in [0.4, 0.5) is 0 Å². The molecule has 0 aliphatic heterocycles. The maximum Gasteiger partial charge on any atom is 0.129 e. The second kappa shape index (κ2) is 7.71. The molecule has 0 aliphatic rings. The highest BCUT2D eigenvalue weighted by molar-refractivity contribution is 5.06. The Hall–Kier alpha value is -0.800. The summed E-state index contributed by atoms with van der Waals surface area (Å²) in [5.74, 6) is 2.56. The molecule has 19 heavy (non-hydrogen) atoms. The van der Waals surface area contributed by atoms with Gasteiger partial charge in [-0.1, -0.05) is 34.6 Å². The van der Waals surface area contributed by atoms with Gasteiger partial charge in [-0.2, -0.15) is 0 Å². The Kier molecular flexibility index (Phi) is 6.59. The highest BCUT2D eigenvalue weighted by Crippen LogP contribution is 2.18. The molecule has 1 aromatic heterocycles. The summed E-state index contributed by atoms with van der Waals surface area (Å²) in [6, 6.07) is 4.03. The number of nitrogens with one attached hydrogen (secondary N) is 1. The van der Waals surface area contributed by atoms with Crippen molar-refractivity contribution in [3.63, 3.8) is 0 Å². The lowest BCUT2D eigenvalue weighted by Gasteiger charge is -2.17. The summed E-state index contributed by atoms with van der Waals surface area (Å²) >= 11 is 0. The Labute approximate surface area is 117 Å². The SMILES string of the molecule is CC(C)CNCc1ccc(COCCC(C)(C)C)o1. The Bertz CT molecular complexity index is 350. The lowest BCUT2D eigenvalue weighted by Crippen LogP contribution is -2.18. The van der Waals surface area contributed by atoms with E-state index in [0.717, 1.165) is 37.6 Å². The van der Waals surface area contributed by atoms with E-state index in [1.807, 2.05) is 12.1 Å². The fourth-order valence-corrected chi connectivity index (χ4v) is 1.63. The van der Waals surface area contributed by atoms with Gasteiger partial charge in [-0.3, -0.25) is 0 Å². The molecule has 0 bridgehead atoms. The van der Waals surface area contributed by atoms with Crippen molar-refractivity contribution in [2.24, 2.45) is 11.3 Å². The minimum absolute atomic E-state index is 0.328. The summed E-state index contributed by atoms with van der Waals surface area (Å²) in [5.41, 5.74) is 0.328. The molecule has 1 aromatic rings. The number of hydrogen-bond donors (Lipinski definition) is 1. The van der Waals surface area contributed by atoms with Crippen molar-refractivity contribution >= 4 is 0 Å². The largest absolute Gasteiger partial charge is 0.462 e. The molecule has 1 rings (SSSR count). The molecule has 0 unspecified atom stereocenters. The Morgan fingerprint density at radius 2 is 1.89 bits per heavy atom. The second-order valence-electron chi connectivity index (χ2n) is 6.76. The molecular weight excluding hydrogens is 238 g/mol. The number of rotatable bonds is 8. The fraction of sp³-hybridized carbons (Fsp3) is 0.750. The molecule has 0 saturated carbocycles. The Morgan fingerprint density at radius 3 is 2.53 bits per heavy atom. The topological polar surface area (TPSA) is 34.4 Å². The third-order valence-electron chi connectivity index (χ3n) is 2.81. The number of ether oxygens (including phenoxy) is 1. The first-order chi connectivity index (χ1) is 8.87. The van der Waals surface area contributed by atoms with Crippen LogP contribution in [0, 0.1) is 11.3 Å². The maximum atomic E-state index is 5.71. The molecule has 110 valence electrons. The highest BCUT2D eigenvalue weighted by atomic mass is 16.5. The summed E-state index contributed by atoms with van der Waals surface area (Å²) in [6.45, 7) is 14.2. The van der Waals surface area contributed by atoms with E-state index in [1.54, 1.807) is 0 Å². The van der Waals surface area contributed by atoms with Crippen molar-refractivity contribution in [3.8, 4) is 0 Å². The smallest absolute Gasteiger partial charge is 0.129 e. The molecule has 0 aliphatic carbocycles. The van der Waals surface area contributed by atoms with Crippen LogP contribution in [0.3, 0.4) is 0 Å². The number of hydrogen-bond acceptors (Lipinski definition) is 3. The van der Waals surface area contributed by atoms with Crippen LogP contribution in [0.2, 0.25) is 0 Å². The van der Waals surface area contributed by atoms with Crippen molar-refractivity contribution in [1.29, 1.82) is 0 Å². The van der Waals surface area contributed by atoms with E-state index >= 15 is 0 Å². The lowest BCUT2D eigenvalue weighted by atomic mass is 9.93. The second-order valence-corrected chi connectivity index (χ2v) is 6.76. The van der Waals surface area contributed by atoms with Crippen molar-refractivity contribution in [1.82, 2.24) is 5.32 Å². The maximum absolute atomic E-state index is 5.71. The van der Waals surface area contributed by atoms with Crippen LogP contribution in [-0.4, -0.2) is 13.2 Å². The van der Waals surface area contributed by atoms with Crippen LogP contribution >= 0.6 is 0 Å². The van der Waals surface area contributed by atoms with Crippen LogP contribution in [0.5, 0.6) is 0 Å². The van der Waals surface area contributed by atoms with E-state index in [-0.39, 0.29) is 0 Å². The van der Waals surface area contributed by atoms with Crippen LogP contribution in [-0.2, 0) is 17.9 Å². The van der Waals surface area contributed by atoms with Crippen molar-refractivity contribution in [2.75, 3.05) is 13.2 Å². The van der Waals surface area contributed by atoms with Crippen molar-refractivity contribution < 1.29 is 9.15 Å². The van der Waals surface area contributed by atoms with Crippen LogP contribution in [0.1, 0.15) is 52.6 Å². The van der Waals surface area contributed by atoms with Crippen LogP contribution in [0.25, 0.3) is 0 Å². The monoisotopic (exact) mass is 267 g/mol. The zero-order chi connectivity index (χ0) is 14.3. The molecule has 1 N–H and O–H groups in total. The third-order valence-corrected chi connectivity index (χ3v) is 2.81. The molecule has 3 nitrogen and oxygen atoms in total. The Balaban J connectivity index is 2.19. The fourth-order valence-electron chi connectivity index (χ4n) is 1.63. The first-order valence-corrected chi connectivity index (χ1v) is 7.23. The third kappa shape index (κ3) is 8.06. The average molecular weight is 267 g/mol. The molecule has 0 fully saturated rings. The molecule has 3 heteroatoms. The minimum Gasteiger partial charge on any atom is -0.462 e. The van der Waals surface area contributed by atoms with Gasteiger partial charge in [-0.25, -0.2) is 0 Å². The summed E-state index contributed by atoms with van der Waals surface area (Å²) in [6.07, 6.45) is 1.07. The van der Waals surface area contributed by atoms with Crippen LogP contribution < -0.4 is 5.32 Å². The van der Waals surface area contributed by atoms with Gasteiger partial charge in [-0.15, -0.1) is 0 Å². The van der Waals surface area contributed by atoms with Gasteiger partial charge in [0.05, 0.1) is 6.54 Å². The van der Waals surface area contributed by atoms with E-state index in [9.17, 15) is 0 Å². The summed E-state index contributed by atoms with van der Waals surface area (Å²) in [4.78, 5) is 0. The molecular formula is C16H29NO2. The minimum atomic E-state index is 0.328. The van der Waals surface area contributed by atoms with Crippen molar-refractivity contribution in [3.05, 3.63) is 23.7 Å². The zero-order valence-electron chi connectivity index (χ0n) is 13.1. The van der Waals surface area contributed by atoms with Gasteiger partial charge in [0, 0.05) is 6.61 Å². The normalized spacial score (nSPS) is 12.3. The predicted octanol–water partition coefficient (Wildman–Crippen LogP) is 3.98. The first-order valence-electron chi connectivity index (χ1n) is 7.23. The van der Waals surface area contributed by atoms with E-state index in [0.29, 0.717) is 17.9 Å². The average Bonchev–Trinajstić information content (AvgIpc) is 2.71. The summed E-state index contributed by atoms with van der Waals surface area (Å²) in [5, 5.41) is 3.37. The predicted molar refractivity (Wildman–Crippen MR) is 79.0 cm³/mol. The van der Waals surface area contributed by atoms with Crippen molar-refractivity contribution in [2.45, 2.75) is 54.2 Å². The molecule has 0 spiro atoms. The Morgan fingerprint density at radius 1 is 1.21 bits per heavy atom. The highest BCUT2D eigenvalue weighted by Gasteiger charge is 2.10. The molecule has 0 radical (unpaired) electrons. The van der Waals surface area contributed by atoms with Gasteiger partial charge in [0.1, 0.15) is 18.1 Å². The van der Waals surface area contributed by atoms with E-state index in [1.165, 1.54) is 0 Å².